The highest BCUT2D eigenvalue weighted by Gasteiger charge is 2.06. The van der Waals surface area contributed by atoms with Gasteiger partial charge in [0.05, 0.1) is 11.9 Å². The van der Waals surface area contributed by atoms with Crippen molar-refractivity contribution in [2.75, 3.05) is 5.32 Å². The Morgan fingerprint density at radius 1 is 1.50 bits per heavy atom. The molecule has 0 aliphatic rings. The van der Waals surface area contributed by atoms with Crippen LogP contribution in [0.1, 0.15) is 5.69 Å². The van der Waals surface area contributed by atoms with E-state index in [1.807, 2.05) is 0 Å². The van der Waals surface area contributed by atoms with E-state index in [-0.39, 0.29) is 30.4 Å². The molecule has 0 bridgehead atoms. The van der Waals surface area contributed by atoms with Crippen LogP contribution in [0.15, 0.2) is 23.1 Å². The molecule has 4 N–H and O–H groups in total. The van der Waals surface area contributed by atoms with Crippen LogP contribution in [-0.4, -0.2) is 31.1 Å². The lowest BCUT2D eigenvalue weighted by Crippen LogP contribution is -2.21. The van der Waals surface area contributed by atoms with Crippen molar-refractivity contribution in [3.8, 4) is 0 Å². The first kappa shape index (κ1) is 11.9. The number of hydrogen-bond acceptors (Lipinski definition) is 6. The van der Waals surface area contributed by atoms with Gasteiger partial charge in [0.2, 0.25) is 5.91 Å². The van der Waals surface area contributed by atoms with E-state index < -0.39 is 0 Å². The fraction of sp³-hybridized carbons (Fsp3) is 0.222. The molecule has 9 nitrogen and oxygen atoms in total. The molecule has 0 unspecified atom stereocenters. The molecule has 0 atom stereocenters. The van der Waals surface area contributed by atoms with Crippen molar-refractivity contribution in [1.29, 1.82) is 0 Å². The second kappa shape index (κ2) is 5.19. The molecule has 1 amide bonds. The van der Waals surface area contributed by atoms with E-state index in [0.29, 0.717) is 5.69 Å². The minimum Gasteiger partial charge on any atom is -0.325 e. The van der Waals surface area contributed by atoms with Crippen LogP contribution in [0.3, 0.4) is 0 Å². The first-order chi connectivity index (χ1) is 8.67. The number of H-pyrrole nitrogens is 1. The number of nitrogens with two attached hydrogens (primary N) is 1. The van der Waals surface area contributed by atoms with Crippen LogP contribution in [0, 0.1) is 0 Å². The summed E-state index contributed by atoms with van der Waals surface area (Å²) >= 11 is 0. The summed E-state index contributed by atoms with van der Waals surface area (Å²) in [4.78, 5) is 22.4. The Morgan fingerprint density at radius 3 is 2.94 bits per heavy atom. The summed E-state index contributed by atoms with van der Waals surface area (Å²) in [5, 5.41) is 15.8. The van der Waals surface area contributed by atoms with Crippen LogP contribution in [0.2, 0.25) is 0 Å². The zero-order valence-electron chi connectivity index (χ0n) is 9.33. The second-order valence-electron chi connectivity index (χ2n) is 3.47. The maximum absolute atomic E-state index is 11.6. The van der Waals surface area contributed by atoms with E-state index in [4.69, 9.17) is 5.73 Å². The quantitative estimate of drug-likeness (QED) is 0.601. The smallest absolute Gasteiger partial charge is 0.264 e. The number of carbonyl (C=O) groups excluding carboxylic acids is 1. The average Bonchev–Trinajstić information content (AvgIpc) is 2.79. The molecule has 0 saturated heterocycles. The fourth-order valence-electron chi connectivity index (χ4n) is 1.25. The molecule has 9 heteroatoms. The zero-order chi connectivity index (χ0) is 13.0. The second-order valence-corrected chi connectivity index (χ2v) is 3.47. The SMILES string of the molecule is NCc1cn(CC(=O)Nc2ccc(=O)[nH]n2)nn1. The molecule has 0 aliphatic carbocycles. The van der Waals surface area contributed by atoms with Gasteiger partial charge in [0.1, 0.15) is 6.54 Å². The first-order valence-electron chi connectivity index (χ1n) is 5.12. The van der Waals surface area contributed by atoms with Crippen molar-refractivity contribution in [1.82, 2.24) is 25.2 Å². The third kappa shape index (κ3) is 2.98. The first-order valence-corrected chi connectivity index (χ1v) is 5.12. The molecule has 0 fully saturated rings. The molecule has 0 spiro atoms. The summed E-state index contributed by atoms with van der Waals surface area (Å²) in [5.41, 5.74) is 5.64. The van der Waals surface area contributed by atoms with Crippen molar-refractivity contribution in [3.63, 3.8) is 0 Å². The Balaban J connectivity index is 1.96. The van der Waals surface area contributed by atoms with Crippen LogP contribution >= 0.6 is 0 Å². The highest BCUT2D eigenvalue weighted by Crippen LogP contribution is 1.97. The largest absolute Gasteiger partial charge is 0.325 e. The minimum absolute atomic E-state index is 0.00614. The number of amides is 1. The third-order valence-corrected chi connectivity index (χ3v) is 2.05. The van der Waals surface area contributed by atoms with Gasteiger partial charge in [0.15, 0.2) is 5.82 Å². The maximum Gasteiger partial charge on any atom is 0.264 e. The molecule has 2 aromatic heterocycles. The molecule has 94 valence electrons. The summed E-state index contributed by atoms with van der Waals surface area (Å²) in [6.07, 6.45) is 1.58. The number of anilines is 1. The standard InChI is InChI=1S/C9H11N7O2/c10-3-6-4-16(15-12-6)5-9(18)11-7-1-2-8(17)14-13-7/h1-2,4H,3,5,10H2,(H,14,17)(H,11,13,18). The van der Waals surface area contributed by atoms with Crippen LogP contribution in [0.4, 0.5) is 5.82 Å². The van der Waals surface area contributed by atoms with E-state index >= 15 is 0 Å². The number of aromatic amines is 1. The number of aromatic nitrogens is 5. The molecule has 0 aromatic carbocycles. The van der Waals surface area contributed by atoms with Gasteiger partial charge in [-0.05, 0) is 6.07 Å². The Labute approximate surface area is 101 Å². The molecule has 0 radical (unpaired) electrons. The molecule has 2 heterocycles. The topological polar surface area (TPSA) is 132 Å². The van der Waals surface area contributed by atoms with E-state index in [9.17, 15) is 9.59 Å². The van der Waals surface area contributed by atoms with E-state index in [1.54, 1.807) is 6.20 Å². The Kier molecular flexibility index (Phi) is 3.44. The van der Waals surface area contributed by atoms with Gasteiger partial charge in [0, 0.05) is 12.6 Å². The zero-order valence-corrected chi connectivity index (χ0v) is 9.33. The molecule has 0 aliphatic heterocycles. The lowest BCUT2D eigenvalue weighted by molar-refractivity contribution is -0.117. The Hall–Kier alpha value is -2.55. The molecular formula is C9H11N7O2. The predicted octanol–water partition coefficient (Wildman–Crippen LogP) is -1.54. The summed E-state index contributed by atoms with van der Waals surface area (Å²) in [6, 6.07) is 2.67. The van der Waals surface area contributed by atoms with Crippen molar-refractivity contribution in [3.05, 3.63) is 34.4 Å². The van der Waals surface area contributed by atoms with Gasteiger partial charge < -0.3 is 11.1 Å². The lowest BCUT2D eigenvalue weighted by Gasteiger charge is -2.02. The number of hydrogen-bond donors (Lipinski definition) is 3. The highest BCUT2D eigenvalue weighted by atomic mass is 16.2. The van der Waals surface area contributed by atoms with Gasteiger partial charge in [0.25, 0.3) is 5.56 Å². The van der Waals surface area contributed by atoms with Gasteiger partial charge in [-0.25, -0.2) is 9.78 Å². The fourth-order valence-corrected chi connectivity index (χ4v) is 1.25. The summed E-state index contributed by atoms with van der Waals surface area (Å²) in [5.74, 6) is -0.0678. The van der Waals surface area contributed by atoms with Gasteiger partial charge in [-0.15, -0.1) is 5.10 Å². The highest BCUT2D eigenvalue weighted by molar-refractivity contribution is 5.89. The van der Waals surface area contributed by atoms with Crippen LogP contribution in [0.5, 0.6) is 0 Å². The molecule has 2 rings (SSSR count). The van der Waals surface area contributed by atoms with Crippen LogP contribution in [-0.2, 0) is 17.9 Å². The molecule has 18 heavy (non-hydrogen) atoms. The van der Waals surface area contributed by atoms with Crippen molar-refractivity contribution < 1.29 is 4.79 Å². The lowest BCUT2D eigenvalue weighted by atomic mass is 10.4. The summed E-state index contributed by atoms with van der Waals surface area (Å²) in [6.45, 7) is 0.261. The Bertz CT molecular complexity index is 582. The summed E-state index contributed by atoms with van der Waals surface area (Å²) < 4.78 is 1.36. The van der Waals surface area contributed by atoms with E-state index in [0.717, 1.165) is 0 Å². The molecular weight excluding hydrogens is 238 g/mol. The van der Waals surface area contributed by atoms with Gasteiger partial charge in [-0.1, -0.05) is 5.21 Å². The normalized spacial score (nSPS) is 10.3. The van der Waals surface area contributed by atoms with E-state index in [1.165, 1.54) is 16.8 Å². The van der Waals surface area contributed by atoms with Crippen LogP contribution in [0.25, 0.3) is 0 Å². The number of carbonyl (C=O) groups is 1. The number of nitrogens with zero attached hydrogens (tertiary/aromatic N) is 4. The molecule has 2 aromatic rings. The van der Waals surface area contributed by atoms with Gasteiger partial charge >= 0.3 is 0 Å². The third-order valence-electron chi connectivity index (χ3n) is 2.05. The maximum atomic E-state index is 11.6. The van der Waals surface area contributed by atoms with Crippen molar-refractivity contribution in [2.24, 2.45) is 5.73 Å². The van der Waals surface area contributed by atoms with E-state index in [2.05, 4.69) is 25.8 Å². The minimum atomic E-state index is -0.336. The van der Waals surface area contributed by atoms with Gasteiger partial charge in [-0.2, -0.15) is 5.10 Å². The van der Waals surface area contributed by atoms with Crippen LogP contribution < -0.4 is 16.6 Å². The monoisotopic (exact) mass is 249 g/mol. The van der Waals surface area contributed by atoms with Crippen molar-refractivity contribution in [2.45, 2.75) is 13.1 Å². The predicted molar refractivity (Wildman–Crippen MR) is 61.4 cm³/mol. The van der Waals surface area contributed by atoms with Crippen molar-refractivity contribution >= 4 is 11.7 Å². The summed E-state index contributed by atoms with van der Waals surface area (Å²) in [7, 11) is 0. The average molecular weight is 249 g/mol. The molecule has 0 saturated carbocycles. The Morgan fingerprint density at radius 2 is 2.33 bits per heavy atom. The number of nitrogens with one attached hydrogen (secondary N) is 2. The van der Waals surface area contributed by atoms with Gasteiger partial charge in [-0.3, -0.25) is 9.59 Å². The number of rotatable bonds is 4.